The SMILES string of the molecule is CCN(C)C(=O)C(C)Nc1cc(Cl)ccc1C#N. The van der Waals surface area contributed by atoms with Crippen molar-refractivity contribution >= 4 is 23.2 Å². The van der Waals surface area contributed by atoms with E-state index in [2.05, 4.69) is 11.4 Å². The van der Waals surface area contributed by atoms with E-state index in [1.807, 2.05) is 6.92 Å². The second-order valence-corrected chi connectivity index (χ2v) is 4.46. The van der Waals surface area contributed by atoms with Gasteiger partial charge in [-0.15, -0.1) is 0 Å². The molecule has 0 bridgehead atoms. The van der Waals surface area contributed by atoms with Crippen LogP contribution in [0, 0.1) is 11.3 Å². The number of carbonyl (C=O) groups excluding carboxylic acids is 1. The number of amides is 1. The van der Waals surface area contributed by atoms with Gasteiger partial charge in [-0.3, -0.25) is 4.79 Å². The van der Waals surface area contributed by atoms with E-state index in [9.17, 15) is 4.79 Å². The second kappa shape index (κ2) is 6.27. The zero-order chi connectivity index (χ0) is 13.7. The number of benzene rings is 1. The number of rotatable bonds is 4. The molecule has 0 fully saturated rings. The predicted octanol–water partition coefficient (Wildman–Crippen LogP) is 2.49. The molecule has 0 aliphatic heterocycles. The molecular weight excluding hydrogens is 250 g/mol. The van der Waals surface area contributed by atoms with Crippen LogP contribution in [-0.2, 0) is 4.79 Å². The van der Waals surface area contributed by atoms with Crippen molar-refractivity contribution in [3.8, 4) is 6.07 Å². The first-order chi connectivity index (χ1) is 8.49. The van der Waals surface area contributed by atoms with Crippen molar-refractivity contribution in [3.05, 3.63) is 28.8 Å². The van der Waals surface area contributed by atoms with E-state index in [1.54, 1.807) is 37.1 Å². The molecule has 5 heteroatoms. The summed E-state index contributed by atoms with van der Waals surface area (Å²) in [5, 5.41) is 12.5. The Labute approximate surface area is 112 Å². The van der Waals surface area contributed by atoms with Gasteiger partial charge in [-0.05, 0) is 32.0 Å². The number of hydrogen-bond donors (Lipinski definition) is 1. The fourth-order valence-electron chi connectivity index (χ4n) is 1.51. The van der Waals surface area contributed by atoms with Gasteiger partial charge in [0.1, 0.15) is 12.1 Å². The quantitative estimate of drug-likeness (QED) is 0.910. The highest BCUT2D eigenvalue weighted by molar-refractivity contribution is 6.30. The molecule has 0 spiro atoms. The topological polar surface area (TPSA) is 56.1 Å². The molecule has 0 saturated heterocycles. The summed E-state index contributed by atoms with van der Waals surface area (Å²) < 4.78 is 0. The van der Waals surface area contributed by atoms with Crippen LogP contribution in [0.3, 0.4) is 0 Å². The van der Waals surface area contributed by atoms with Crippen LogP contribution < -0.4 is 5.32 Å². The minimum absolute atomic E-state index is 0.0265. The average molecular weight is 266 g/mol. The maximum Gasteiger partial charge on any atom is 0.244 e. The zero-order valence-corrected chi connectivity index (χ0v) is 11.5. The molecule has 0 heterocycles. The molecule has 18 heavy (non-hydrogen) atoms. The van der Waals surface area contributed by atoms with E-state index in [0.29, 0.717) is 22.8 Å². The molecule has 1 aromatic carbocycles. The Morgan fingerprint density at radius 3 is 2.83 bits per heavy atom. The molecule has 1 rings (SSSR count). The Morgan fingerprint density at radius 1 is 1.61 bits per heavy atom. The average Bonchev–Trinajstić information content (AvgIpc) is 2.37. The van der Waals surface area contributed by atoms with Crippen LogP contribution >= 0.6 is 11.6 Å². The molecular formula is C13H16ClN3O. The van der Waals surface area contributed by atoms with Crippen LogP contribution in [0.1, 0.15) is 19.4 Å². The minimum Gasteiger partial charge on any atom is -0.373 e. The van der Waals surface area contributed by atoms with Crippen LogP contribution in [0.2, 0.25) is 5.02 Å². The van der Waals surface area contributed by atoms with Gasteiger partial charge in [0.05, 0.1) is 11.3 Å². The van der Waals surface area contributed by atoms with Gasteiger partial charge in [0.2, 0.25) is 5.91 Å². The number of nitrogens with one attached hydrogen (secondary N) is 1. The molecule has 1 atom stereocenters. The van der Waals surface area contributed by atoms with Crippen molar-refractivity contribution in [2.24, 2.45) is 0 Å². The first-order valence-electron chi connectivity index (χ1n) is 5.70. The lowest BCUT2D eigenvalue weighted by atomic mass is 10.1. The van der Waals surface area contributed by atoms with Crippen LogP contribution in [0.15, 0.2) is 18.2 Å². The van der Waals surface area contributed by atoms with Gasteiger partial charge < -0.3 is 10.2 Å². The second-order valence-electron chi connectivity index (χ2n) is 4.02. The first-order valence-corrected chi connectivity index (χ1v) is 6.08. The zero-order valence-electron chi connectivity index (χ0n) is 10.7. The largest absolute Gasteiger partial charge is 0.373 e. The molecule has 0 aliphatic rings. The van der Waals surface area contributed by atoms with E-state index < -0.39 is 6.04 Å². The molecule has 1 aromatic rings. The van der Waals surface area contributed by atoms with E-state index in [0.717, 1.165) is 0 Å². The number of likely N-dealkylation sites (N-methyl/N-ethyl adjacent to an activating group) is 1. The lowest BCUT2D eigenvalue weighted by Gasteiger charge is -2.21. The Bertz CT molecular complexity index is 482. The summed E-state index contributed by atoms with van der Waals surface area (Å²) in [6, 6.07) is 6.59. The van der Waals surface area contributed by atoms with Crippen LogP contribution in [0.4, 0.5) is 5.69 Å². The highest BCUT2D eigenvalue weighted by atomic mass is 35.5. The fraction of sp³-hybridized carbons (Fsp3) is 0.385. The third kappa shape index (κ3) is 3.38. The van der Waals surface area contributed by atoms with Crippen molar-refractivity contribution in [2.45, 2.75) is 19.9 Å². The molecule has 1 unspecified atom stereocenters. The van der Waals surface area contributed by atoms with E-state index in [-0.39, 0.29) is 5.91 Å². The summed E-state index contributed by atoms with van der Waals surface area (Å²) >= 11 is 5.88. The number of halogens is 1. The Hall–Kier alpha value is -1.73. The van der Waals surface area contributed by atoms with Crippen molar-refractivity contribution in [1.82, 2.24) is 4.90 Å². The first kappa shape index (κ1) is 14.3. The third-order valence-corrected chi connectivity index (χ3v) is 2.93. The summed E-state index contributed by atoms with van der Waals surface area (Å²) in [6.07, 6.45) is 0. The van der Waals surface area contributed by atoms with Gasteiger partial charge in [-0.1, -0.05) is 11.6 Å². The summed E-state index contributed by atoms with van der Waals surface area (Å²) in [7, 11) is 1.74. The van der Waals surface area contributed by atoms with E-state index in [4.69, 9.17) is 16.9 Å². The molecule has 96 valence electrons. The maximum atomic E-state index is 11.9. The Kier molecular flexibility index (Phi) is 4.99. The Morgan fingerprint density at radius 2 is 2.28 bits per heavy atom. The molecule has 1 N–H and O–H groups in total. The number of carbonyl (C=O) groups is 1. The van der Waals surface area contributed by atoms with Gasteiger partial charge in [0, 0.05) is 18.6 Å². The number of nitrogens with zero attached hydrogens (tertiary/aromatic N) is 2. The standard InChI is InChI=1S/C13H16ClN3O/c1-4-17(3)13(18)9(2)16-12-7-11(14)6-5-10(12)8-15/h5-7,9,16H,4H2,1-3H3. The van der Waals surface area contributed by atoms with Gasteiger partial charge in [0.15, 0.2) is 0 Å². The normalized spacial score (nSPS) is 11.5. The minimum atomic E-state index is -0.402. The highest BCUT2D eigenvalue weighted by Crippen LogP contribution is 2.21. The van der Waals surface area contributed by atoms with E-state index >= 15 is 0 Å². The number of nitriles is 1. The fourth-order valence-corrected chi connectivity index (χ4v) is 1.69. The molecule has 0 aromatic heterocycles. The number of anilines is 1. The van der Waals surface area contributed by atoms with Crippen LogP contribution in [0.5, 0.6) is 0 Å². The van der Waals surface area contributed by atoms with Gasteiger partial charge >= 0.3 is 0 Å². The van der Waals surface area contributed by atoms with Gasteiger partial charge in [-0.2, -0.15) is 5.26 Å². The van der Waals surface area contributed by atoms with E-state index in [1.165, 1.54) is 0 Å². The van der Waals surface area contributed by atoms with Crippen molar-refractivity contribution in [1.29, 1.82) is 5.26 Å². The summed E-state index contributed by atoms with van der Waals surface area (Å²) in [5.41, 5.74) is 1.05. The molecule has 0 aliphatic carbocycles. The maximum absolute atomic E-state index is 11.9. The van der Waals surface area contributed by atoms with Crippen molar-refractivity contribution < 1.29 is 4.79 Å². The van der Waals surface area contributed by atoms with Crippen LogP contribution in [0.25, 0.3) is 0 Å². The number of hydrogen-bond acceptors (Lipinski definition) is 3. The molecule has 4 nitrogen and oxygen atoms in total. The lowest BCUT2D eigenvalue weighted by Crippen LogP contribution is -2.38. The summed E-state index contributed by atoms with van der Waals surface area (Å²) in [4.78, 5) is 13.5. The predicted molar refractivity (Wildman–Crippen MR) is 72.6 cm³/mol. The summed E-state index contributed by atoms with van der Waals surface area (Å²) in [5.74, 6) is -0.0265. The van der Waals surface area contributed by atoms with Gasteiger partial charge in [0.25, 0.3) is 0 Å². The van der Waals surface area contributed by atoms with Crippen LogP contribution in [-0.4, -0.2) is 30.4 Å². The third-order valence-electron chi connectivity index (χ3n) is 2.70. The highest BCUT2D eigenvalue weighted by Gasteiger charge is 2.17. The molecule has 0 saturated carbocycles. The molecule has 0 radical (unpaired) electrons. The molecule has 1 amide bonds. The summed E-state index contributed by atoms with van der Waals surface area (Å²) in [6.45, 7) is 4.31. The lowest BCUT2D eigenvalue weighted by molar-refractivity contribution is -0.130. The smallest absolute Gasteiger partial charge is 0.244 e. The van der Waals surface area contributed by atoms with Crippen molar-refractivity contribution in [2.75, 3.05) is 18.9 Å². The van der Waals surface area contributed by atoms with Crippen molar-refractivity contribution in [3.63, 3.8) is 0 Å². The Balaban J connectivity index is 2.88. The van der Waals surface area contributed by atoms with Gasteiger partial charge in [-0.25, -0.2) is 0 Å². The monoisotopic (exact) mass is 265 g/mol.